The fourth-order valence-electron chi connectivity index (χ4n) is 1.44. The van der Waals surface area contributed by atoms with E-state index in [-0.39, 0.29) is 5.02 Å². The lowest BCUT2D eigenvalue weighted by atomic mass is 10.00. The third kappa shape index (κ3) is 2.89. The number of aryl methyl sites for hydroxylation is 1. The summed E-state index contributed by atoms with van der Waals surface area (Å²) in [4.78, 5) is -0.508. The molecular weight excluding hydrogens is 343 g/mol. The zero-order valence-corrected chi connectivity index (χ0v) is 13.7. The van der Waals surface area contributed by atoms with Crippen molar-refractivity contribution in [2.24, 2.45) is 0 Å². The van der Waals surface area contributed by atoms with Gasteiger partial charge in [0.05, 0.1) is 9.57 Å². The average molecular weight is 358 g/mol. The fraction of sp³-hybridized carbons (Fsp3) is 0.500. The van der Waals surface area contributed by atoms with Gasteiger partial charge in [-0.3, -0.25) is 0 Å². The van der Waals surface area contributed by atoms with Gasteiger partial charge in [-0.2, -0.15) is 0 Å². The Kier molecular flexibility index (Phi) is 4.51. The molecular formula is C12H15BrClFO2S. The van der Waals surface area contributed by atoms with Crippen LogP contribution in [0.1, 0.15) is 29.8 Å². The first kappa shape index (κ1) is 15.9. The molecule has 1 rings (SSSR count). The van der Waals surface area contributed by atoms with Crippen LogP contribution in [0.15, 0.2) is 12.1 Å². The molecule has 0 saturated carbocycles. The molecule has 0 heterocycles. The highest BCUT2D eigenvalue weighted by Gasteiger charge is 2.39. The van der Waals surface area contributed by atoms with E-state index in [1.54, 1.807) is 26.8 Å². The molecule has 0 N–H and O–H groups in total. The minimum absolute atomic E-state index is 0.219. The standard InChI is InChI=1S/C12H15BrClFO2S/c1-7-5-8(9(14)6-10(7)15)11(13)12(2,3)18(4,16)17/h5-6,11H,1-4H3. The van der Waals surface area contributed by atoms with Gasteiger partial charge in [0.15, 0.2) is 9.84 Å². The van der Waals surface area contributed by atoms with E-state index in [9.17, 15) is 12.8 Å². The van der Waals surface area contributed by atoms with Crippen LogP contribution in [0, 0.1) is 12.7 Å². The van der Waals surface area contributed by atoms with Crippen molar-refractivity contribution in [2.75, 3.05) is 6.26 Å². The molecule has 0 amide bonds. The molecule has 0 aliphatic heterocycles. The molecule has 6 heteroatoms. The van der Waals surface area contributed by atoms with Crippen molar-refractivity contribution in [3.05, 3.63) is 34.1 Å². The Hall–Kier alpha value is -0.130. The van der Waals surface area contributed by atoms with E-state index in [0.29, 0.717) is 11.1 Å². The highest BCUT2D eigenvalue weighted by Crippen LogP contribution is 2.42. The number of hydrogen-bond donors (Lipinski definition) is 0. The predicted octanol–water partition coefficient (Wildman–Crippen LogP) is 4.05. The van der Waals surface area contributed by atoms with Crippen molar-refractivity contribution in [3.63, 3.8) is 0 Å². The van der Waals surface area contributed by atoms with Gasteiger partial charge in [0.1, 0.15) is 5.82 Å². The molecule has 1 aromatic carbocycles. The summed E-state index contributed by atoms with van der Waals surface area (Å²) in [7, 11) is -3.29. The maximum Gasteiger partial charge on any atom is 0.154 e. The first-order valence-electron chi connectivity index (χ1n) is 5.27. The Morgan fingerprint density at radius 3 is 2.33 bits per heavy atom. The molecule has 0 fully saturated rings. The summed E-state index contributed by atoms with van der Waals surface area (Å²) >= 11 is 9.35. The van der Waals surface area contributed by atoms with Gasteiger partial charge < -0.3 is 0 Å². The van der Waals surface area contributed by atoms with E-state index in [2.05, 4.69) is 15.9 Å². The van der Waals surface area contributed by atoms with Crippen molar-refractivity contribution >= 4 is 37.4 Å². The van der Waals surface area contributed by atoms with Crippen LogP contribution in [0.5, 0.6) is 0 Å². The summed E-state index contributed by atoms with van der Waals surface area (Å²) in [6.45, 7) is 4.83. The molecule has 0 aromatic heterocycles. The second kappa shape index (κ2) is 5.10. The summed E-state index contributed by atoms with van der Waals surface area (Å²) in [5.41, 5.74) is 1.01. The Morgan fingerprint density at radius 2 is 1.89 bits per heavy atom. The van der Waals surface area contributed by atoms with Gasteiger partial charge in [0.25, 0.3) is 0 Å². The molecule has 1 aromatic rings. The fourth-order valence-corrected chi connectivity index (χ4v) is 3.73. The van der Waals surface area contributed by atoms with Crippen LogP contribution >= 0.6 is 27.5 Å². The topological polar surface area (TPSA) is 34.1 Å². The molecule has 1 atom stereocenters. The maximum absolute atomic E-state index is 13.3. The van der Waals surface area contributed by atoms with Crippen LogP contribution in [0.25, 0.3) is 0 Å². The summed E-state index contributed by atoms with van der Waals surface area (Å²) in [6, 6.07) is 2.78. The maximum atomic E-state index is 13.3. The molecule has 18 heavy (non-hydrogen) atoms. The number of sulfone groups is 1. The van der Waals surface area contributed by atoms with Crippen LogP contribution in [0.2, 0.25) is 5.02 Å². The molecule has 0 spiro atoms. The van der Waals surface area contributed by atoms with Crippen LogP contribution in [-0.2, 0) is 9.84 Å². The zero-order chi connectivity index (χ0) is 14.3. The molecule has 0 radical (unpaired) electrons. The Balaban J connectivity index is 3.36. The molecule has 102 valence electrons. The number of benzene rings is 1. The normalized spacial score (nSPS) is 14.6. The lowest BCUT2D eigenvalue weighted by Gasteiger charge is -2.29. The molecule has 0 aliphatic carbocycles. The Morgan fingerprint density at radius 1 is 1.39 bits per heavy atom. The van der Waals surface area contributed by atoms with Gasteiger partial charge in [-0.05, 0) is 38.0 Å². The van der Waals surface area contributed by atoms with Crippen LogP contribution < -0.4 is 0 Å². The lowest BCUT2D eigenvalue weighted by Crippen LogP contribution is -2.35. The summed E-state index contributed by atoms with van der Waals surface area (Å²) in [5, 5.41) is 0.219. The molecule has 0 aliphatic rings. The smallest absolute Gasteiger partial charge is 0.154 e. The second-order valence-electron chi connectivity index (χ2n) is 4.86. The van der Waals surface area contributed by atoms with E-state index in [0.717, 1.165) is 0 Å². The Bertz CT molecular complexity index is 570. The first-order chi connectivity index (χ1) is 7.98. The average Bonchev–Trinajstić information content (AvgIpc) is 2.20. The summed E-state index contributed by atoms with van der Waals surface area (Å²) in [6.07, 6.45) is 1.17. The predicted molar refractivity (Wildman–Crippen MR) is 76.7 cm³/mol. The van der Waals surface area contributed by atoms with E-state index in [4.69, 9.17) is 11.6 Å². The monoisotopic (exact) mass is 356 g/mol. The van der Waals surface area contributed by atoms with Crippen LogP contribution in [0.3, 0.4) is 0 Å². The number of hydrogen-bond acceptors (Lipinski definition) is 2. The Labute approximate surface area is 121 Å². The quantitative estimate of drug-likeness (QED) is 0.765. The highest BCUT2D eigenvalue weighted by molar-refractivity contribution is 9.09. The van der Waals surface area contributed by atoms with E-state index < -0.39 is 25.2 Å². The van der Waals surface area contributed by atoms with Gasteiger partial charge in [-0.15, -0.1) is 0 Å². The highest BCUT2D eigenvalue weighted by atomic mass is 79.9. The third-order valence-electron chi connectivity index (χ3n) is 3.12. The van der Waals surface area contributed by atoms with Crippen LogP contribution in [-0.4, -0.2) is 19.4 Å². The number of rotatable bonds is 3. The first-order valence-corrected chi connectivity index (χ1v) is 8.46. The summed E-state index contributed by atoms with van der Waals surface area (Å²) in [5.74, 6) is -0.402. The molecule has 0 bridgehead atoms. The van der Waals surface area contributed by atoms with E-state index in [1.165, 1.54) is 12.3 Å². The lowest BCUT2D eigenvalue weighted by molar-refractivity contribution is 0.548. The minimum Gasteiger partial charge on any atom is -0.229 e. The van der Waals surface area contributed by atoms with E-state index >= 15 is 0 Å². The van der Waals surface area contributed by atoms with Gasteiger partial charge in [0.2, 0.25) is 0 Å². The van der Waals surface area contributed by atoms with Gasteiger partial charge in [-0.1, -0.05) is 33.6 Å². The van der Waals surface area contributed by atoms with Crippen molar-refractivity contribution in [3.8, 4) is 0 Å². The van der Waals surface area contributed by atoms with Crippen LogP contribution in [0.4, 0.5) is 4.39 Å². The molecule has 1 unspecified atom stereocenters. The van der Waals surface area contributed by atoms with Gasteiger partial charge in [0, 0.05) is 11.3 Å². The van der Waals surface area contributed by atoms with Crippen molar-refractivity contribution in [1.29, 1.82) is 0 Å². The van der Waals surface area contributed by atoms with Crippen molar-refractivity contribution in [2.45, 2.75) is 30.3 Å². The minimum atomic E-state index is -3.29. The van der Waals surface area contributed by atoms with Gasteiger partial charge >= 0.3 is 0 Å². The van der Waals surface area contributed by atoms with Crippen molar-refractivity contribution < 1.29 is 12.8 Å². The number of alkyl halides is 1. The number of halogens is 3. The summed E-state index contributed by atoms with van der Waals surface area (Å²) < 4.78 is 35.9. The zero-order valence-electron chi connectivity index (χ0n) is 10.6. The van der Waals surface area contributed by atoms with Crippen molar-refractivity contribution in [1.82, 2.24) is 0 Å². The molecule has 2 nitrogen and oxygen atoms in total. The SMILES string of the molecule is Cc1cc(C(Br)C(C)(C)S(C)(=O)=O)c(Cl)cc1F. The largest absolute Gasteiger partial charge is 0.229 e. The second-order valence-corrected chi connectivity index (χ2v) is 8.78. The van der Waals surface area contributed by atoms with E-state index in [1.807, 2.05) is 0 Å². The van der Waals surface area contributed by atoms with Gasteiger partial charge in [-0.25, -0.2) is 12.8 Å². The third-order valence-corrected chi connectivity index (χ3v) is 7.53. The molecule has 0 saturated heterocycles.